The number of amides is 2. The summed E-state index contributed by atoms with van der Waals surface area (Å²) in [4.78, 5) is 35.6. The second kappa shape index (κ2) is 10.6. The Morgan fingerprint density at radius 3 is 2.62 bits per heavy atom. The molecule has 1 saturated heterocycles. The zero-order valence-corrected chi connectivity index (χ0v) is 23.0. The van der Waals surface area contributed by atoms with Gasteiger partial charge >= 0.3 is 6.09 Å². The minimum absolute atomic E-state index is 0.104. The molecule has 2 aromatic heterocycles. The predicted molar refractivity (Wildman–Crippen MR) is 145 cm³/mol. The summed E-state index contributed by atoms with van der Waals surface area (Å²) in [5.74, 6) is 0.596. The number of fused-ring (bicyclic) bond motifs is 1. The van der Waals surface area contributed by atoms with Crippen LogP contribution in [0.3, 0.4) is 0 Å². The molecule has 198 valence electrons. The largest absolute Gasteiger partial charge is 0.465 e. The lowest BCUT2D eigenvalue weighted by molar-refractivity contribution is 0.0470. The van der Waals surface area contributed by atoms with Gasteiger partial charge < -0.3 is 20.6 Å². The maximum Gasteiger partial charge on any atom is 0.407 e. The fourth-order valence-electron chi connectivity index (χ4n) is 4.74. The van der Waals surface area contributed by atoms with Crippen LogP contribution in [0.2, 0.25) is 0 Å². The summed E-state index contributed by atoms with van der Waals surface area (Å²) in [5, 5.41) is 21.2. The van der Waals surface area contributed by atoms with Gasteiger partial charge in [0.05, 0.1) is 6.20 Å². The lowest BCUT2D eigenvalue weighted by Crippen LogP contribution is -2.56. The minimum atomic E-state index is -0.912. The molecular weight excluding hydrogens is 490 g/mol. The third-order valence-electron chi connectivity index (χ3n) is 6.74. The van der Waals surface area contributed by atoms with E-state index in [-0.39, 0.29) is 29.3 Å². The number of benzene rings is 1. The number of aromatic nitrogens is 4. The fourth-order valence-corrected chi connectivity index (χ4v) is 5.09. The Bertz CT molecular complexity index is 1300. The molecule has 2 atom stereocenters. The van der Waals surface area contributed by atoms with Crippen LogP contribution in [0.4, 0.5) is 16.4 Å². The van der Waals surface area contributed by atoms with Gasteiger partial charge in [-0.25, -0.2) is 9.78 Å². The van der Waals surface area contributed by atoms with Crippen LogP contribution in [0.1, 0.15) is 69.3 Å². The molecule has 0 radical (unpaired) electrons. The van der Waals surface area contributed by atoms with Crippen LogP contribution in [0.5, 0.6) is 0 Å². The molecule has 3 aromatic rings. The highest BCUT2D eigenvalue weighted by atomic mass is 32.2. The monoisotopic (exact) mass is 525 g/mol. The van der Waals surface area contributed by atoms with Crippen molar-refractivity contribution >= 4 is 41.0 Å². The second-order valence-electron chi connectivity index (χ2n) is 10.8. The van der Waals surface area contributed by atoms with Crippen LogP contribution in [-0.4, -0.2) is 66.5 Å². The summed E-state index contributed by atoms with van der Waals surface area (Å²) >= 11 is 1.46. The Morgan fingerprint density at radius 1 is 1.22 bits per heavy atom. The number of carboxylic acid groups (broad SMARTS) is 1. The van der Waals surface area contributed by atoms with E-state index in [2.05, 4.69) is 39.5 Å². The van der Waals surface area contributed by atoms with E-state index in [4.69, 9.17) is 0 Å². The van der Waals surface area contributed by atoms with E-state index in [1.165, 1.54) is 16.7 Å². The molecule has 4 rings (SSSR count). The number of carbonyl (C=O) groups excluding carboxylic acids is 1. The predicted octanol–water partition coefficient (Wildman–Crippen LogP) is 5.00. The Balaban J connectivity index is 1.52. The Kier molecular flexibility index (Phi) is 7.63. The van der Waals surface area contributed by atoms with Gasteiger partial charge in [-0.15, -0.1) is 0 Å². The zero-order chi connectivity index (χ0) is 26.9. The Hall–Kier alpha value is -3.34. The van der Waals surface area contributed by atoms with Crippen molar-refractivity contribution in [3.8, 4) is 0 Å². The Morgan fingerprint density at radius 2 is 1.97 bits per heavy atom. The van der Waals surface area contributed by atoms with Gasteiger partial charge in [0.15, 0.2) is 10.8 Å². The first-order valence-corrected chi connectivity index (χ1v) is 13.7. The molecule has 0 aliphatic carbocycles. The highest BCUT2D eigenvalue weighted by Gasteiger charge is 2.39. The molecule has 0 bridgehead atoms. The van der Waals surface area contributed by atoms with Gasteiger partial charge in [-0.05, 0) is 48.6 Å². The van der Waals surface area contributed by atoms with Crippen LogP contribution >= 0.6 is 11.8 Å². The summed E-state index contributed by atoms with van der Waals surface area (Å²) in [7, 11) is 0. The van der Waals surface area contributed by atoms with Gasteiger partial charge in [0, 0.05) is 35.4 Å². The summed E-state index contributed by atoms with van der Waals surface area (Å²) in [6.45, 7) is 10.7. The average Bonchev–Trinajstić information content (AvgIpc) is 3.28. The molecule has 11 heteroatoms. The molecule has 2 unspecified atom stereocenters. The molecule has 37 heavy (non-hydrogen) atoms. The summed E-state index contributed by atoms with van der Waals surface area (Å²) in [6, 6.07) is 6.96. The van der Waals surface area contributed by atoms with Crippen molar-refractivity contribution in [3.05, 3.63) is 41.6 Å². The Labute approximate surface area is 221 Å². The number of nitrogens with one attached hydrogen (secondary N) is 2. The number of rotatable bonds is 6. The van der Waals surface area contributed by atoms with Gasteiger partial charge in [-0.3, -0.25) is 4.79 Å². The van der Waals surface area contributed by atoms with Crippen LogP contribution in [-0.2, 0) is 0 Å². The van der Waals surface area contributed by atoms with Gasteiger partial charge in [0.1, 0.15) is 0 Å². The smallest absolute Gasteiger partial charge is 0.407 e. The van der Waals surface area contributed by atoms with Crippen LogP contribution < -0.4 is 10.6 Å². The van der Waals surface area contributed by atoms with Crippen molar-refractivity contribution in [2.45, 2.75) is 70.6 Å². The first kappa shape index (κ1) is 26.7. The number of thioether (sulfide) groups is 1. The third kappa shape index (κ3) is 5.82. The van der Waals surface area contributed by atoms with Crippen molar-refractivity contribution < 1.29 is 14.7 Å². The van der Waals surface area contributed by atoms with E-state index in [1.54, 1.807) is 16.6 Å². The van der Waals surface area contributed by atoms with E-state index in [9.17, 15) is 14.7 Å². The molecule has 1 fully saturated rings. The van der Waals surface area contributed by atoms with Gasteiger partial charge in [-0.2, -0.15) is 14.6 Å². The maximum absolute atomic E-state index is 13.2. The molecule has 1 aliphatic rings. The average molecular weight is 526 g/mol. The lowest BCUT2D eigenvalue weighted by atomic mass is 9.79. The molecule has 2 amide bonds. The molecular formula is C26H35N7O3S. The normalized spacial score (nSPS) is 18.3. The van der Waals surface area contributed by atoms with E-state index in [0.717, 1.165) is 11.2 Å². The number of anilines is 2. The van der Waals surface area contributed by atoms with Crippen LogP contribution in [0.15, 0.2) is 35.6 Å². The maximum atomic E-state index is 13.2. The number of carbonyl (C=O) groups is 2. The number of nitrogens with zero attached hydrogens (tertiary/aromatic N) is 5. The second-order valence-corrected chi connectivity index (χ2v) is 11.6. The van der Waals surface area contributed by atoms with Gasteiger partial charge in [0.2, 0.25) is 5.95 Å². The van der Waals surface area contributed by atoms with E-state index in [0.29, 0.717) is 41.7 Å². The quantitative estimate of drug-likeness (QED) is 0.384. The highest BCUT2D eigenvalue weighted by Crippen LogP contribution is 2.32. The van der Waals surface area contributed by atoms with Crippen LogP contribution in [0.25, 0.3) is 5.65 Å². The zero-order valence-electron chi connectivity index (χ0n) is 22.1. The number of hydrogen-bond donors (Lipinski definition) is 3. The van der Waals surface area contributed by atoms with E-state index in [1.807, 2.05) is 45.4 Å². The lowest BCUT2D eigenvalue weighted by Gasteiger charge is -2.44. The topological polar surface area (TPSA) is 125 Å². The molecule has 1 aliphatic heterocycles. The van der Waals surface area contributed by atoms with Crippen molar-refractivity contribution in [3.63, 3.8) is 0 Å². The van der Waals surface area contributed by atoms with Crippen molar-refractivity contribution in [1.29, 1.82) is 0 Å². The first-order chi connectivity index (χ1) is 17.5. The van der Waals surface area contributed by atoms with Crippen LogP contribution in [0, 0.1) is 5.41 Å². The third-order valence-corrected chi connectivity index (χ3v) is 7.29. The summed E-state index contributed by atoms with van der Waals surface area (Å²) in [5.41, 5.74) is 2.78. The summed E-state index contributed by atoms with van der Waals surface area (Å²) in [6.07, 6.45) is 3.99. The molecule has 3 N–H and O–H groups in total. The first-order valence-electron chi connectivity index (χ1n) is 12.4. The van der Waals surface area contributed by atoms with Crippen molar-refractivity contribution in [2.75, 3.05) is 18.1 Å². The van der Waals surface area contributed by atoms with Gasteiger partial charge in [0.25, 0.3) is 5.91 Å². The van der Waals surface area contributed by atoms with E-state index < -0.39 is 6.09 Å². The molecule has 3 heterocycles. The fraction of sp³-hybridized carbons (Fsp3) is 0.500. The number of hydrogen-bond acceptors (Lipinski definition) is 7. The van der Waals surface area contributed by atoms with E-state index >= 15 is 0 Å². The van der Waals surface area contributed by atoms with Crippen molar-refractivity contribution in [1.82, 2.24) is 29.8 Å². The molecule has 10 nitrogen and oxygen atoms in total. The molecule has 0 spiro atoms. The molecule has 1 aromatic carbocycles. The molecule has 0 saturated carbocycles. The van der Waals surface area contributed by atoms with Crippen molar-refractivity contribution in [2.24, 2.45) is 5.41 Å². The minimum Gasteiger partial charge on any atom is -0.465 e. The number of likely N-dealkylation sites (tertiary alicyclic amines) is 1. The highest BCUT2D eigenvalue weighted by molar-refractivity contribution is 7.98. The standard InChI is InChI=1S/C26H35N7O3S/c1-15(2)19-14-27-33-21(19)30-24(37-6)31-23(33)29-17-9-7-8-16(12-17)22(34)28-18-10-11-32(25(35)36)20(13-18)26(3,4)5/h7-9,12,14-15,18,20H,10-11,13H2,1-6H3,(H,28,34)(H,35,36)(H,29,30,31). The number of piperidine rings is 1. The van der Waals surface area contributed by atoms with Gasteiger partial charge in [-0.1, -0.05) is 52.4 Å². The SMILES string of the molecule is CSc1nc(Nc2cccc(C(=O)NC3CCN(C(=O)O)C(C(C)(C)C)C3)c2)n2ncc(C(C)C)c2n1. The summed E-state index contributed by atoms with van der Waals surface area (Å²) < 4.78 is 1.69.